The number of rotatable bonds is 7. The van der Waals surface area contributed by atoms with E-state index in [0.29, 0.717) is 5.56 Å². The second-order valence-electron chi connectivity index (χ2n) is 7.70. The molecule has 1 N–H and O–H groups in total. The van der Waals surface area contributed by atoms with Gasteiger partial charge in [0.1, 0.15) is 5.75 Å². The van der Waals surface area contributed by atoms with Crippen LogP contribution in [0.15, 0.2) is 59.5 Å². The van der Waals surface area contributed by atoms with Crippen LogP contribution in [0.4, 0.5) is 5.69 Å². The Morgan fingerprint density at radius 1 is 1.09 bits per heavy atom. The molecule has 1 atom stereocenters. The van der Waals surface area contributed by atoms with Crippen LogP contribution >= 0.6 is 11.8 Å². The summed E-state index contributed by atoms with van der Waals surface area (Å²) >= 11 is 1.32. The van der Waals surface area contributed by atoms with Crippen molar-refractivity contribution in [3.63, 3.8) is 0 Å². The van der Waals surface area contributed by atoms with E-state index < -0.39 is 11.2 Å². The van der Waals surface area contributed by atoms with Gasteiger partial charge in [-0.15, -0.1) is 11.8 Å². The number of anilines is 1. The van der Waals surface area contributed by atoms with Gasteiger partial charge in [-0.1, -0.05) is 12.1 Å². The molecular weight excluding hydrogens is 440 g/mol. The van der Waals surface area contributed by atoms with Crippen LogP contribution in [0, 0.1) is 13.8 Å². The summed E-state index contributed by atoms with van der Waals surface area (Å²) in [6.45, 7) is 3.39. The van der Waals surface area contributed by atoms with Gasteiger partial charge in [0.15, 0.2) is 6.61 Å². The maximum atomic E-state index is 12.8. The monoisotopic (exact) mass is 464 g/mol. The molecule has 2 heterocycles. The number of hydrogen-bond donors (Lipinski definition) is 1. The Labute approximate surface area is 196 Å². The number of carbonyl (C=O) groups excluding carboxylic acids is 3. The maximum absolute atomic E-state index is 12.8. The van der Waals surface area contributed by atoms with Crippen LogP contribution in [0.3, 0.4) is 0 Å². The minimum atomic E-state index is -0.595. The molecule has 33 heavy (non-hydrogen) atoms. The average Bonchev–Trinajstić information content (AvgIpc) is 3.12. The lowest BCUT2D eigenvalue weighted by Gasteiger charge is -2.23. The molecule has 0 fully saturated rings. The van der Waals surface area contributed by atoms with Crippen LogP contribution in [-0.4, -0.2) is 41.2 Å². The van der Waals surface area contributed by atoms with E-state index >= 15 is 0 Å². The van der Waals surface area contributed by atoms with Crippen LogP contribution in [0.1, 0.15) is 28.2 Å². The maximum Gasteiger partial charge on any atom is 0.307 e. The standard InChI is InChI=1S/C25H24N2O5S/c1-15-12-19(16(2)27(15)17-8-10-18(31-3)11-9-17)21(28)14-32-24(29)13-23-25(30)26-20-6-4-5-7-22(20)33-23/h4-12,23H,13-14H2,1-3H3,(H,26,30). The summed E-state index contributed by atoms with van der Waals surface area (Å²) in [5.41, 5.74) is 3.79. The number of esters is 1. The zero-order valence-electron chi connectivity index (χ0n) is 18.6. The molecule has 8 heteroatoms. The lowest BCUT2D eigenvalue weighted by Crippen LogP contribution is -2.31. The van der Waals surface area contributed by atoms with Crippen molar-refractivity contribution in [1.82, 2.24) is 4.57 Å². The number of nitrogens with one attached hydrogen (secondary N) is 1. The second-order valence-corrected chi connectivity index (χ2v) is 8.94. The first-order valence-corrected chi connectivity index (χ1v) is 11.3. The third kappa shape index (κ3) is 4.80. The van der Waals surface area contributed by atoms with Crippen LogP contribution in [0.2, 0.25) is 0 Å². The molecule has 7 nitrogen and oxygen atoms in total. The van der Waals surface area contributed by atoms with Crippen LogP contribution in [-0.2, 0) is 14.3 Å². The van der Waals surface area contributed by atoms with Crippen molar-refractivity contribution in [1.29, 1.82) is 0 Å². The van der Waals surface area contributed by atoms with E-state index in [0.717, 1.165) is 33.4 Å². The smallest absolute Gasteiger partial charge is 0.307 e. The number of hydrogen-bond acceptors (Lipinski definition) is 6. The highest BCUT2D eigenvalue weighted by molar-refractivity contribution is 8.01. The largest absolute Gasteiger partial charge is 0.497 e. The molecule has 0 saturated carbocycles. The van der Waals surface area contributed by atoms with Gasteiger partial charge in [-0.3, -0.25) is 14.4 Å². The molecule has 1 aromatic heterocycles. The first-order valence-electron chi connectivity index (χ1n) is 10.5. The molecule has 0 spiro atoms. The fourth-order valence-corrected chi connectivity index (χ4v) is 4.93. The SMILES string of the molecule is COc1ccc(-n2c(C)cc(C(=O)COC(=O)CC3Sc4ccccc4NC3=O)c2C)cc1. The molecular formula is C25H24N2O5S. The van der Waals surface area contributed by atoms with Crippen LogP contribution < -0.4 is 10.1 Å². The summed E-state index contributed by atoms with van der Waals surface area (Å²) in [7, 11) is 1.61. The lowest BCUT2D eigenvalue weighted by molar-refractivity contribution is -0.143. The van der Waals surface area contributed by atoms with Crippen LogP contribution in [0.5, 0.6) is 5.75 Å². The summed E-state index contributed by atoms with van der Waals surface area (Å²) in [4.78, 5) is 38.3. The third-order valence-corrected chi connectivity index (χ3v) is 6.76. The van der Waals surface area contributed by atoms with E-state index in [-0.39, 0.29) is 24.7 Å². The fraction of sp³-hybridized carbons (Fsp3) is 0.240. The van der Waals surface area contributed by atoms with E-state index in [2.05, 4.69) is 5.32 Å². The Kier molecular flexibility index (Phi) is 6.55. The number of aromatic nitrogens is 1. The minimum absolute atomic E-state index is 0.108. The number of ether oxygens (including phenoxy) is 2. The molecule has 1 aliphatic heterocycles. The van der Waals surface area contributed by atoms with Crippen molar-refractivity contribution in [2.24, 2.45) is 0 Å². The number of para-hydroxylation sites is 1. The number of fused-ring (bicyclic) bond motifs is 1. The van der Waals surface area contributed by atoms with Gasteiger partial charge in [0, 0.05) is 27.5 Å². The predicted octanol–water partition coefficient (Wildman–Crippen LogP) is 4.33. The first kappa shape index (κ1) is 22.7. The Balaban J connectivity index is 1.39. The van der Waals surface area contributed by atoms with Gasteiger partial charge < -0.3 is 19.4 Å². The van der Waals surface area contributed by atoms with Gasteiger partial charge in [-0.05, 0) is 56.3 Å². The number of nitrogens with zero attached hydrogens (tertiary/aromatic N) is 1. The van der Waals surface area contributed by atoms with Gasteiger partial charge in [0.25, 0.3) is 0 Å². The van der Waals surface area contributed by atoms with Gasteiger partial charge >= 0.3 is 5.97 Å². The quantitative estimate of drug-likeness (QED) is 0.414. The number of methoxy groups -OCH3 is 1. The van der Waals surface area contributed by atoms with Gasteiger partial charge in [0.2, 0.25) is 11.7 Å². The third-order valence-electron chi connectivity index (χ3n) is 5.49. The Bertz CT molecular complexity index is 1220. The molecule has 0 bridgehead atoms. The zero-order chi connectivity index (χ0) is 23.5. The number of thioether (sulfide) groups is 1. The molecule has 0 saturated heterocycles. The number of amides is 1. The highest BCUT2D eigenvalue weighted by atomic mass is 32.2. The Morgan fingerprint density at radius 3 is 2.55 bits per heavy atom. The first-order chi connectivity index (χ1) is 15.9. The number of ketones is 1. The highest BCUT2D eigenvalue weighted by Crippen LogP contribution is 2.36. The topological polar surface area (TPSA) is 86.6 Å². The summed E-state index contributed by atoms with van der Waals surface area (Å²) in [5, 5.41) is 2.21. The highest BCUT2D eigenvalue weighted by Gasteiger charge is 2.29. The van der Waals surface area contributed by atoms with Crippen molar-refractivity contribution in [3.8, 4) is 11.4 Å². The molecule has 3 aromatic rings. The van der Waals surface area contributed by atoms with E-state index in [9.17, 15) is 14.4 Å². The second kappa shape index (κ2) is 9.54. The minimum Gasteiger partial charge on any atom is -0.497 e. The van der Waals surface area contributed by atoms with E-state index in [1.807, 2.05) is 66.9 Å². The summed E-state index contributed by atoms with van der Waals surface area (Å²) in [6, 6.07) is 16.7. The summed E-state index contributed by atoms with van der Waals surface area (Å²) in [6.07, 6.45) is -0.108. The number of Topliss-reactive ketones (excluding diaryl/α,β-unsaturated/α-hetero) is 1. The zero-order valence-corrected chi connectivity index (χ0v) is 19.4. The normalized spacial score (nSPS) is 14.9. The van der Waals surface area contributed by atoms with Crippen molar-refractivity contribution in [2.45, 2.75) is 30.4 Å². The van der Waals surface area contributed by atoms with Crippen molar-refractivity contribution < 1.29 is 23.9 Å². The van der Waals surface area contributed by atoms with Crippen LogP contribution in [0.25, 0.3) is 5.69 Å². The van der Waals surface area contributed by atoms with Gasteiger partial charge in [-0.2, -0.15) is 0 Å². The van der Waals surface area contributed by atoms with Crippen molar-refractivity contribution >= 4 is 35.1 Å². The fourth-order valence-electron chi connectivity index (χ4n) is 3.83. The molecule has 0 aliphatic carbocycles. The molecule has 2 aromatic carbocycles. The molecule has 0 radical (unpaired) electrons. The number of aryl methyl sites for hydroxylation is 1. The van der Waals surface area contributed by atoms with E-state index in [1.165, 1.54) is 11.8 Å². The molecule has 170 valence electrons. The van der Waals surface area contributed by atoms with Crippen molar-refractivity contribution in [3.05, 3.63) is 71.5 Å². The number of carbonyl (C=O) groups is 3. The molecule has 1 unspecified atom stereocenters. The average molecular weight is 465 g/mol. The van der Waals surface area contributed by atoms with Gasteiger partial charge in [0.05, 0.1) is 24.5 Å². The van der Waals surface area contributed by atoms with Crippen molar-refractivity contribution in [2.75, 3.05) is 19.0 Å². The molecule has 1 aliphatic rings. The van der Waals surface area contributed by atoms with Gasteiger partial charge in [-0.25, -0.2) is 0 Å². The van der Waals surface area contributed by atoms with E-state index in [1.54, 1.807) is 13.2 Å². The van der Waals surface area contributed by atoms with E-state index in [4.69, 9.17) is 9.47 Å². The molecule has 1 amide bonds. The Morgan fingerprint density at radius 2 is 1.82 bits per heavy atom. The summed E-state index contributed by atoms with van der Waals surface area (Å²) in [5.74, 6) is -0.371. The Hall–Kier alpha value is -3.52. The summed E-state index contributed by atoms with van der Waals surface area (Å²) < 4.78 is 12.4. The lowest BCUT2D eigenvalue weighted by atomic mass is 10.1. The predicted molar refractivity (Wildman–Crippen MR) is 126 cm³/mol. The number of benzene rings is 2. The molecule has 4 rings (SSSR count).